The molecule has 3 N–H and O–H groups in total. The molecule has 0 aliphatic heterocycles. The molecule has 2 saturated carbocycles. The number of fused-ring (bicyclic) bond motifs is 1. The molecular weight excluding hydrogens is 150 g/mol. The van der Waals surface area contributed by atoms with E-state index in [4.69, 9.17) is 5.73 Å². The molecule has 2 aliphatic rings. The number of hydrogen-bond acceptors (Lipinski definition) is 2. The molecule has 2 aliphatic carbocycles. The second-order valence-electron chi connectivity index (χ2n) is 5.38. The first-order chi connectivity index (χ1) is 5.37. The van der Waals surface area contributed by atoms with Gasteiger partial charge < -0.3 is 10.8 Å². The second-order valence-corrected chi connectivity index (χ2v) is 5.38. The van der Waals surface area contributed by atoms with Gasteiger partial charge in [-0.15, -0.1) is 0 Å². The quantitative estimate of drug-likeness (QED) is 0.571. The predicted molar refractivity (Wildman–Crippen MR) is 48.6 cm³/mol. The molecule has 0 amide bonds. The maximum absolute atomic E-state index is 9.95. The average molecular weight is 169 g/mol. The minimum Gasteiger partial charge on any atom is -0.389 e. The Kier molecular flexibility index (Phi) is 1.45. The summed E-state index contributed by atoms with van der Waals surface area (Å²) < 4.78 is 0. The average Bonchev–Trinajstić information content (AvgIpc) is 2.46. The lowest BCUT2D eigenvalue weighted by atomic mass is 9.82. The van der Waals surface area contributed by atoms with Crippen molar-refractivity contribution in [3.05, 3.63) is 0 Å². The van der Waals surface area contributed by atoms with Crippen LogP contribution in [0.25, 0.3) is 0 Å². The Morgan fingerprint density at radius 2 is 1.92 bits per heavy atom. The zero-order chi connectivity index (χ0) is 9.15. The Hall–Kier alpha value is -0.0800. The summed E-state index contributed by atoms with van der Waals surface area (Å²) in [6, 6.07) is -0.00810. The SMILES string of the molecule is CC1(C)[C@@H]2[C@H]1CC[C@@](C)(O)[C@H]2N. The van der Waals surface area contributed by atoms with E-state index in [1.807, 2.05) is 6.92 Å². The fourth-order valence-electron chi connectivity index (χ4n) is 3.05. The summed E-state index contributed by atoms with van der Waals surface area (Å²) >= 11 is 0. The van der Waals surface area contributed by atoms with Crippen molar-refractivity contribution in [3.8, 4) is 0 Å². The van der Waals surface area contributed by atoms with Gasteiger partial charge in [0.2, 0.25) is 0 Å². The summed E-state index contributed by atoms with van der Waals surface area (Å²) in [6.07, 6.45) is 2.02. The van der Waals surface area contributed by atoms with Crippen LogP contribution in [0.3, 0.4) is 0 Å². The highest BCUT2D eigenvalue weighted by Crippen LogP contribution is 2.65. The van der Waals surface area contributed by atoms with Crippen LogP contribution in [0.5, 0.6) is 0 Å². The van der Waals surface area contributed by atoms with Gasteiger partial charge in [-0.05, 0) is 37.0 Å². The molecule has 2 fully saturated rings. The third kappa shape index (κ3) is 0.882. The van der Waals surface area contributed by atoms with E-state index >= 15 is 0 Å². The van der Waals surface area contributed by atoms with Crippen LogP contribution in [0.15, 0.2) is 0 Å². The minimum atomic E-state index is -0.616. The number of rotatable bonds is 0. The Bertz CT molecular complexity index is 210. The molecule has 0 aromatic heterocycles. The molecule has 0 unspecified atom stereocenters. The molecule has 2 heteroatoms. The van der Waals surface area contributed by atoms with Gasteiger partial charge in [0, 0.05) is 6.04 Å². The maximum atomic E-state index is 9.95. The zero-order valence-corrected chi connectivity index (χ0v) is 8.17. The lowest BCUT2D eigenvalue weighted by Crippen LogP contribution is -2.49. The van der Waals surface area contributed by atoms with Gasteiger partial charge in [0.15, 0.2) is 0 Å². The van der Waals surface area contributed by atoms with Gasteiger partial charge in [0.25, 0.3) is 0 Å². The fraction of sp³-hybridized carbons (Fsp3) is 1.00. The molecule has 2 rings (SSSR count). The first-order valence-electron chi connectivity index (χ1n) is 4.85. The summed E-state index contributed by atoms with van der Waals surface area (Å²) in [4.78, 5) is 0. The minimum absolute atomic E-state index is 0.00810. The van der Waals surface area contributed by atoms with Crippen molar-refractivity contribution in [2.75, 3.05) is 0 Å². The lowest BCUT2D eigenvalue weighted by molar-refractivity contribution is -0.00194. The second kappa shape index (κ2) is 2.05. The normalized spacial score (nSPS) is 56.2. The first kappa shape index (κ1) is 8.52. The summed E-state index contributed by atoms with van der Waals surface area (Å²) in [5.41, 5.74) is 5.80. The van der Waals surface area contributed by atoms with E-state index in [1.54, 1.807) is 0 Å². The van der Waals surface area contributed by atoms with Crippen LogP contribution >= 0.6 is 0 Å². The first-order valence-corrected chi connectivity index (χ1v) is 4.85. The molecule has 0 aromatic rings. The summed E-state index contributed by atoms with van der Waals surface area (Å²) in [5, 5.41) is 9.95. The van der Waals surface area contributed by atoms with Crippen molar-refractivity contribution in [3.63, 3.8) is 0 Å². The van der Waals surface area contributed by atoms with Crippen LogP contribution in [0.2, 0.25) is 0 Å². The number of hydrogen-bond donors (Lipinski definition) is 2. The van der Waals surface area contributed by atoms with Crippen LogP contribution in [0.1, 0.15) is 33.6 Å². The molecule has 0 saturated heterocycles. The highest BCUT2D eigenvalue weighted by atomic mass is 16.3. The van der Waals surface area contributed by atoms with E-state index in [2.05, 4.69) is 13.8 Å². The van der Waals surface area contributed by atoms with E-state index in [0.29, 0.717) is 11.3 Å². The van der Waals surface area contributed by atoms with Gasteiger partial charge in [-0.1, -0.05) is 13.8 Å². The Labute approximate surface area is 74.1 Å². The molecule has 0 spiro atoms. The van der Waals surface area contributed by atoms with Crippen molar-refractivity contribution < 1.29 is 5.11 Å². The van der Waals surface area contributed by atoms with Crippen molar-refractivity contribution in [2.45, 2.75) is 45.3 Å². The van der Waals surface area contributed by atoms with Gasteiger partial charge >= 0.3 is 0 Å². The third-order valence-corrected chi connectivity index (χ3v) is 4.21. The van der Waals surface area contributed by atoms with Crippen LogP contribution in [-0.4, -0.2) is 16.7 Å². The Balaban J connectivity index is 2.19. The van der Waals surface area contributed by atoms with E-state index in [-0.39, 0.29) is 6.04 Å². The molecule has 0 bridgehead atoms. The van der Waals surface area contributed by atoms with Crippen molar-refractivity contribution in [1.82, 2.24) is 0 Å². The van der Waals surface area contributed by atoms with Crippen LogP contribution in [-0.2, 0) is 0 Å². The molecule has 12 heavy (non-hydrogen) atoms. The van der Waals surface area contributed by atoms with Gasteiger partial charge in [-0.2, -0.15) is 0 Å². The molecule has 4 atom stereocenters. The molecule has 0 aromatic carbocycles. The lowest BCUT2D eigenvalue weighted by Gasteiger charge is -2.34. The van der Waals surface area contributed by atoms with Gasteiger partial charge in [-0.3, -0.25) is 0 Å². The summed E-state index contributed by atoms with van der Waals surface area (Å²) in [6.45, 7) is 6.41. The van der Waals surface area contributed by atoms with Crippen molar-refractivity contribution in [2.24, 2.45) is 23.0 Å². The summed E-state index contributed by atoms with van der Waals surface area (Å²) in [7, 11) is 0. The zero-order valence-electron chi connectivity index (χ0n) is 8.17. The molecule has 0 heterocycles. The molecule has 2 nitrogen and oxygen atoms in total. The van der Waals surface area contributed by atoms with Crippen LogP contribution in [0, 0.1) is 17.3 Å². The van der Waals surface area contributed by atoms with Crippen molar-refractivity contribution >= 4 is 0 Å². The van der Waals surface area contributed by atoms with E-state index in [1.165, 1.54) is 0 Å². The van der Waals surface area contributed by atoms with Crippen molar-refractivity contribution in [1.29, 1.82) is 0 Å². The molecule has 70 valence electrons. The Morgan fingerprint density at radius 1 is 1.33 bits per heavy atom. The number of aliphatic hydroxyl groups is 1. The highest BCUT2D eigenvalue weighted by Gasteiger charge is 2.65. The summed E-state index contributed by atoms with van der Waals surface area (Å²) in [5.74, 6) is 1.33. The largest absolute Gasteiger partial charge is 0.389 e. The topological polar surface area (TPSA) is 46.2 Å². The maximum Gasteiger partial charge on any atom is 0.0773 e. The van der Waals surface area contributed by atoms with Gasteiger partial charge in [0.1, 0.15) is 0 Å². The smallest absolute Gasteiger partial charge is 0.0773 e. The highest BCUT2D eigenvalue weighted by molar-refractivity contribution is 5.16. The van der Waals surface area contributed by atoms with E-state index < -0.39 is 5.60 Å². The van der Waals surface area contributed by atoms with Crippen LogP contribution in [0.4, 0.5) is 0 Å². The molecular formula is C10H19NO. The van der Waals surface area contributed by atoms with Crippen LogP contribution < -0.4 is 5.73 Å². The fourth-order valence-corrected chi connectivity index (χ4v) is 3.05. The Morgan fingerprint density at radius 3 is 2.42 bits per heavy atom. The third-order valence-electron chi connectivity index (χ3n) is 4.21. The van der Waals surface area contributed by atoms with E-state index in [9.17, 15) is 5.11 Å². The number of nitrogens with two attached hydrogens (primary N) is 1. The van der Waals surface area contributed by atoms with E-state index in [0.717, 1.165) is 18.8 Å². The monoisotopic (exact) mass is 169 g/mol. The van der Waals surface area contributed by atoms with Gasteiger partial charge in [-0.25, -0.2) is 0 Å². The standard InChI is InChI=1S/C10H19NO/c1-9(2)6-4-5-10(3,12)8(11)7(6)9/h6-8,12H,4-5,11H2,1-3H3/t6-,7-,8+,10-/m1/s1. The van der Waals surface area contributed by atoms with Gasteiger partial charge in [0.05, 0.1) is 5.60 Å². The molecule has 0 radical (unpaired) electrons. The predicted octanol–water partition coefficient (Wildman–Crippen LogP) is 1.13.